The maximum absolute atomic E-state index is 10.7. The van der Waals surface area contributed by atoms with Crippen LogP contribution in [0, 0.1) is 0 Å². The molecule has 0 aliphatic carbocycles. The topological polar surface area (TPSA) is 66.4 Å². The summed E-state index contributed by atoms with van der Waals surface area (Å²) in [6.07, 6.45) is -3.70. The highest BCUT2D eigenvalue weighted by atomic mass is 16.8. The maximum atomic E-state index is 10.7. The number of aliphatic hydroxyl groups excluding tert-OH is 1. The van der Waals surface area contributed by atoms with E-state index in [1.165, 1.54) is 7.11 Å². The lowest BCUT2D eigenvalue weighted by atomic mass is 9.97. The van der Waals surface area contributed by atoms with E-state index in [1.54, 1.807) is 0 Å². The van der Waals surface area contributed by atoms with Crippen molar-refractivity contribution in [3.8, 4) is 0 Å². The minimum absolute atomic E-state index is 0.335. The Kier molecular flexibility index (Phi) is 5.83. The molecule has 0 aromatic heterocycles. The van der Waals surface area contributed by atoms with Crippen molar-refractivity contribution in [3.63, 3.8) is 0 Å². The van der Waals surface area contributed by atoms with Crippen LogP contribution < -0.4 is 0 Å². The third kappa shape index (κ3) is 4.06. The second-order valence-electron chi connectivity index (χ2n) is 6.71. The monoisotopic (exact) mass is 372 g/mol. The van der Waals surface area contributed by atoms with E-state index in [1.807, 2.05) is 60.7 Å². The van der Waals surface area contributed by atoms with Crippen molar-refractivity contribution < 1.29 is 28.8 Å². The molecule has 0 amide bonds. The van der Waals surface area contributed by atoms with Crippen LogP contribution in [0.25, 0.3) is 0 Å². The summed E-state index contributed by atoms with van der Waals surface area (Å²) in [5, 5.41) is 10.7. The minimum atomic E-state index is -0.963. The fourth-order valence-corrected chi connectivity index (χ4v) is 3.49. The van der Waals surface area contributed by atoms with Crippen molar-refractivity contribution in [2.45, 2.75) is 43.6 Å². The van der Waals surface area contributed by atoms with E-state index in [9.17, 15) is 5.11 Å². The molecule has 2 aromatic rings. The Balaban J connectivity index is 1.51. The molecule has 6 heteroatoms. The zero-order valence-electron chi connectivity index (χ0n) is 15.1. The molecule has 0 bridgehead atoms. The van der Waals surface area contributed by atoms with Gasteiger partial charge in [0.05, 0.1) is 13.2 Å². The first kappa shape index (κ1) is 18.6. The fraction of sp³-hybridized carbons (Fsp3) is 0.429. The largest absolute Gasteiger partial charge is 0.385 e. The standard InChI is InChI=1S/C21H24O6/c1-23-21-17(22)19(24-12-14-8-4-2-5-9-14)18-16(26-21)13-25-20(27-18)15-10-6-3-7-11-15/h2-11,16-22H,12-13H2,1H3/t16-,17-,18+,19+,20+,21-/m0/s1. The fourth-order valence-electron chi connectivity index (χ4n) is 3.49. The van der Waals surface area contributed by atoms with E-state index in [0.717, 1.165) is 11.1 Å². The molecule has 1 N–H and O–H groups in total. The van der Waals surface area contributed by atoms with E-state index >= 15 is 0 Å². The van der Waals surface area contributed by atoms with Crippen molar-refractivity contribution in [2.24, 2.45) is 0 Å². The van der Waals surface area contributed by atoms with E-state index in [-0.39, 0.29) is 6.10 Å². The second-order valence-corrected chi connectivity index (χ2v) is 6.71. The summed E-state index contributed by atoms with van der Waals surface area (Å²) in [7, 11) is 1.50. The molecule has 2 saturated heterocycles. The highest BCUT2D eigenvalue weighted by Crippen LogP contribution is 2.35. The minimum Gasteiger partial charge on any atom is -0.385 e. The van der Waals surface area contributed by atoms with E-state index in [4.69, 9.17) is 23.7 Å². The molecular formula is C21H24O6. The third-order valence-corrected chi connectivity index (χ3v) is 4.90. The Bertz CT molecular complexity index is 709. The Hall–Kier alpha value is -1.80. The van der Waals surface area contributed by atoms with Gasteiger partial charge in [0.1, 0.15) is 24.4 Å². The third-order valence-electron chi connectivity index (χ3n) is 4.90. The van der Waals surface area contributed by atoms with Gasteiger partial charge >= 0.3 is 0 Å². The summed E-state index contributed by atoms with van der Waals surface area (Å²) in [6, 6.07) is 19.5. The van der Waals surface area contributed by atoms with Gasteiger partial charge in [0.2, 0.25) is 0 Å². The zero-order valence-corrected chi connectivity index (χ0v) is 15.1. The second kappa shape index (κ2) is 8.48. The SMILES string of the molecule is CO[C@H]1O[C@H]2CO[C@@H](c3ccccc3)O[C@H]2[C@H](OCc2ccccc2)[C@@H]1O. The van der Waals surface area contributed by atoms with Crippen molar-refractivity contribution in [1.29, 1.82) is 0 Å². The molecule has 2 aliphatic rings. The van der Waals surface area contributed by atoms with E-state index < -0.39 is 30.9 Å². The molecule has 6 atom stereocenters. The van der Waals surface area contributed by atoms with Gasteiger partial charge < -0.3 is 28.8 Å². The van der Waals surface area contributed by atoms with Crippen LogP contribution >= 0.6 is 0 Å². The van der Waals surface area contributed by atoms with Gasteiger partial charge in [-0.05, 0) is 5.56 Å². The van der Waals surface area contributed by atoms with Crippen LogP contribution in [0.4, 0.5) is 0 Å². The van der Waals surface area contributed by atoms with Crippen LogP contribution in [-0.4, -0.2) is 49.5 Å². The van der Waals surface area contributed by atoms with Crippen LogP contribution in [0.1, 0.15) is 17.4 Å². The summed E-state index contributed by atoms with van der Waals surface area (Å²) in [5.74, 6) is 0. The van der Waals surface area contributed by atoms with Crippen molar-refractivity contribution in [3.05, 3.63) is 71.8 Å². The van der Waals surface area contributed by atoms with Gasteiger partial charge in [0.15, 0.2) is 12.6 Å². The van der Waals surface area contributed by atoms with Crippen LogP contribution in [0.15, 0.2) is 60.7 Å². The molecule has 0 radical (unpaired) electrons. The lowest BCUT2D eigenvalue weighted by Gasteiger charge is -2.47. The van der Waals surface area contributed by atoms with Gasteiger partial charge in [-0.15, -0.1) is 0 Å². The molecule has 2 aliphatic heterocycles. The summed E-state index contributed by atoms with van der Waals surface area (Å²) in [6.45, 7) is 0.699. The number of rotatable bonds is 5. The Morgan fingerprint density at radius 3 is 2.41 bits per heavy atom. The molecule has 0 unspecified atom stereocenters. The molecule has 2 fully saturated rings. The molecule has 0 spiro atoms. The first-order valence-corrected chi connectivity index (χ1v) is 9.10. The Morgan fingerprint density at radius 2 is 1.70 bits per heavy atom. The lowest BCUT2D eigenvalue weighted by molar-refractivity contribution is -0.363. The molecule has 0 saturated carbocycles. The number of aliphatic hydroxyl groups is 1. The summed E-state index contributed by atoms with van der Waals surface area (Å²) < 4.78 is 29.2. The molecular weight excluding hydrogens is 348 g/mol. The molecule has 2 aromatic carbocycles. The highest BCUT2D eigenvalue weighted by molar-refractivity contribution is 5.17. The highest BCUT2D eigenvalue weighted by Gasteiger charge is 2.50. The van der Waals surface area contributed by atoms with Gasteiger partial charge in [0.25, 0.3) is 0 Å². The first-order valence-electron chi connectivity index (χ1n) is 9.10. The van der Waals surface area contributed by atoms with Crippen LogP contribution in [-0.2, 0) is 30.3 Å². The lowest BCUT2D eigenvalue weighted by Crippen LogP contribution is -2.62. The van der Waals surface area contributed by atoms with Gasteiger partial charge in [-0.2, -0.15) is 0 Å². The molecule has 27 heavy (non-hydrogen) atoms. The van der Waals surface area contributed by atoms with Gasteiger partial charge in [0, 0.05) is 12.7 Å². The maximum Gasteiger partial charge on any atom is 0.186 e. The van der Waals surface area contributed by atoms with E-state index in [0.29, 0.717) is 13.2 Å². The molecule has 4 rings (SSSR count). The normalized spacial score (nSPS) is 33.4. The molecule has 144 valence electrons. The Labute approximate surface area is 158 Å². The smallest absolute Gasteiger partial charge is 0.186 e. The summed E-state index contributed by atoms with van der Waals surface area (Å²) >= 11 is 0. The number of methoxy groups -OCH3 is 1. The van der Waals surface area contributed by atoms with Gasteiger partial charge in [-0.1, -0.05) is 60.7 Å². The van der Waals surface area contributed by atoms with Crippen LogP contribution in [0.2, 0.25) is 0 Å². The zero-order chi connectivity index (χ0) is 18.6. The van der Waals surface area contributed by atoms with Crippen LogP contribution in [0.5, 0.6) is 0 Å². The molecule has 2 heterocycles. The average Bonchev–Trinajstić information content (AvgIpc) is 2.74. The Morgan fingerprint density at radius 1 is 1.00 bits per heavy atom. The van der Waals surface area contributed by atoms with Crippen molar-refractivity contribution in [2.75, 3.05) is 13.7 Å². The summed E-state index contributed by atoms with van der Waals surface area (Å²) in [5.41, 5.74) is 1.94. The number of benzene rings is 2. The van der Waals surface area contributed by atoms with Gasteiger partial charge in [-0.25, -0.2) is 0 Å². The van der Waals surface area contributed by atoms with Crippen molar-refractivity contribution in [1.82, 2.24) is 0 Å². The predicted molar refractivity (Wildman–Crippen MR) is 96.7 cm³/mol. The van der Waals surface area contributed by atoms with E-state index in [2.05, 4.69) is 0 Å². The van der Waals surface area contributed by atoms with Gasteiger partial charge in [-0.3, -0.25) is 0 Å². The number of fused-ring (bicyclic) bond motifs is 1. The molecule has 6 nitrogen and oxygen atoms in total. The average molecular weight is 372 g/mol. The number of hydrogen-bond acceptors (Lipinski definition) is 6. The summed E-state index contributed by atoms with van der Waals surface area (Å²) in [4.78, 5) is 0. The van der Waals surface area contributed by atoms with Crippen molar-refractivity contribution >= 4 is 0 Å². The quantitative estimate of drug-likeness (QED) is 0.870. The predicted octanol–water partition coefficient (Wildman–Crippen LogP) is 2.42. The number of ether oxygens (including phenoxy) is 5. The van der Waals surface area contributed by atoms with Crippen LogP contribution in [0.3, 0.4) is 0 Å². The number of hydrogen-bond donors (Lipinski definition) is 1. The first-order chi connectivity index (χ1) is 13.3.